The van der Waals surface area contributed by atoms with Crippen molar-refractivity contribution in [1.29, 1.82) is 0 Å². The number of carbonyl (C=O) groups is 3. The Morgan fingerprint density at radius 2 is 1.63 bits per heavy atom. The lowest BCUT2D eigenvalue weighted by molar-refractivity contribution is -0.159. The minimum Gasteiger partial charge on any atom is -0.497 e. The van der Waals surface area contributed by atoms with Crippen LogP contribution in [0.1, 0.15) is 18.4 Å². The van der Waals surface area contributed by atoms with Gasteiger partial charge in [-0.15, -0.1) is 0 Å². The maximum absolute atomic E-state index is 11.5. The lowest BCUT2D eigenvalue weighted by atomic mass is 9.97. The number of ether oxygens (including phenoxy) is 3. The summed E-state index contributed by atoms with van der Waals surface area (Å²) < 4.78 is 15.5. The van der Waals surface area contributed by atoms with Gasteiger partial charge in [0.05, 0.1) is 39.5 Å². The van der Waals surface area contributed by atoms with Crippen LogP contribution in [0.3, 0.4) is 0 Å². The molecule has 0 aromatic heterocycles. The number of rotatable bonds is 8. The summed E-state index contributed by atoms with van der Waals surface area (Å²) in [4.78, 5) is 31.9. The average molecular weight is 427 g/mol. The van der Waals surface area contributed by atoms with Crippen LogP contribution in [0.5, 0.6) is 5.75 Å². The molecule has 1 atom stereocenters. The number of aliphatic hydroxyl groups excluding tert-OH is 1. The number of hydrogen-bond donors (Lipinski definition) is 3. The number of carbonyl (C=O) groups excluding carboxylic acids is 1. The Morgan fingerprint density at radius 3 is 2.10 bits per heavy atom. The Bertz CT molecular complexity index is 657. The summed E-state index contributed by atoms with van der Waals surface area (Å²) in [5.74, 6) is -2.97. The van der Waals surface area contributed by atoms with Crippen LogP contribution < -0.4 is 4.74 Å². The number of methoxy groups -OCH3 is 2. The van der Waals surface area contributed by atoms with Gasteiger partial charge in [-0.1, -0.05) is 12.1 Å². The SMILES string of the molecule is COC(=O)C1CCN(CC(O)COCc2ccc(OC)cc2)CC1.O=C(O)C(=O)O. The summed E-state index contributed by atoms with van der Waals surface area (Å²) in [6, 6.07) is 7.67. The van der Waals surface area contributed by atoms with Crippen molar-refractivity contribution >= 4 is 17.9 Å². The van der Waals surface area contributed by atoms with E-state index in [9.17, 15) is 9.90 Å². The van der Waals surface area contributed by atoms with Crippen molar-refractivity contribution < 1.29 is 43.9 Å². The summed E-state index contributed by atoms with van der Waals surface area (Å²) in [7, 11) is 3.06. The summed E-state index contributed by atoms with van der Waals surface area (Å²) in [6.45, 7) is 2.93. The van der Waals surface area contributed by atoms with Crippen LogP contribution in [0.15, 0.2) is 24.3 Å². The number of esters is 1. The Morgan fingerprint density at radius 1 is 1.07 bits per heavy atom. The van der Waals surface area contributed by atoms with Gasteiger partial charge < -0.3 is 34.4 Å². The number of carboxylic acids is 2. The van der Waals surface area contributed by atoms with E-state index < -0.39 is 18.0 Å². The number of aliphatic hydroxyl groups is 1. The van der Waals surface area contributed by atoms with Gasteiger partial charge in [-0.2, -0.15) is 0 Å². The average Bonchev–Trinajstić information content (AvgIpc) is 2.74. The Labute approximate surface area is 175 Å². The van der Waals surface area contributed by atoms with E-state index in [2.05, 4.69) is 4.90 Å². The molecule has 3 N–H and O–H groups in total. The number of carboxylic acid groups (broad SMARTS) is 2. The summed E-state index contributed by atoms with van der Waals surface area (Å²) in [5, 5.41) is 24.9. The predicted octanol–water partition coefficient (Wildman–Crippen LogP) is 0.613. The molecule has 1 aromatic carbocycles. The second-order valence-corrected chi connectivity index (χ2v) is 6.73. The first-order chi connectivity index (χ1) is 14.3. The maximum atomic E-state index is 11.5. The molecular weight excluding hydrogens is 398 g/mol. The molecule has 1 saturated heterocycles. The highest BCUT2D eigenvalue weighted by molar-refractivity contribution is 6.27. The van der Waals surface area contributed by atoms with Crippen molar-refractivity contribution in [2.45, 2.75) is 25.6 Å². The van der Waals surface area contributed by atoms with Gasteiger partial charge in [0.2, 0.25) is 0 Å². The van der Waals surface area contributed by atoms with Crippen molar-refractivity contribution in [3.63, 3.8) is 0 Å². The molecule has 1 unspecified atom stereocenters. The summed E-state index contributed by atoms with van der Waals surface area (Å²) in [6.07, 6.45) is 1.04. The van der Waals surface area contributed by atoms with E-state index in [1.54, 1.807) is 7.11 Å². The zero-order valence-electron chi connectivity index (χ0n) is 17.2. The fraction of sp³-hybridized carbons (Fsp3) is 0.550. The molecule has 1 aliphatic heterocycles. The molecule has 1 aliphatic rings. The fourth-order valence-corrected chi connectivity index (χ4v) is 2.90. The second-order valence-electron chi connectivity index (χ2n) is 6.73. The van der Waals surface area contributed by atoms with E-state index in [1.165, 1.54) is 7.11 Å². The van der Waals surface area contributed by atoms with Gasteiger partial charge >= 0.3 is 17.9 Å². The van der Waals surface area contributed by atoms with Gasteiger partial charge in [0.25, 0.3) is 0 Å². The van der Waals surface area contributed by atoms with Crippen molar-refractivity contribution in [1.82, 2.24) is 4.90 Å². The smallest absolute Gasteiger partial charge is 0.414 e. The highest BCUT2D eigenvalue weighted by Gasteiger charge is 2.26. The molecule has 10 nitrogen and oxygen atoms in total. The van der Waals surface area contributed by atoms with Crippen LogP contribution >= 0.6 is 0 Å². The lowest BCUT2D eigenvalue weighted by Crippen LogP contribution is -2.41. The molecule has 30 heavy (non-hydrogen) atoms. The number of β-amino-alcohol motifs (C(OH)–C–C–N with tert-alkyl or cyclic N) is 1. The number of aliphatic carboxylic acids is 2. The van der Waals surface area contributed by atoms with Crippen molar-refractivity contribution in [3.8, 4) is 5.75 Å². The van der Waals surface area contributed by atoms with Gasteiger partial charge in [-0.25, -0.2) is 9.59 Å². The first-order valence-corrected chi connectivity index (χ1v) is 9.42. The van der Waals surface area contributed by atoms with Crippen LogP contribution in [0.4, 0.5) is 0 Å². The normalized spacial score (nSPS) is 15.4. The minimum atomic E-state index is -1.82. The van der Waals surface area contributed by atoms with Crippen LogP contribution in [0, 0.1) is 5.92 Å². The lowest BCUT2D eigenvalue weighted by Gasteiger charge is -2.31. The van der Waals surface area contributed by atoms with E-state index in [-0.39, 0.29) is 11.9 Å². The van der Waals surface area contributed by atoms with Gasteiger partial charge in [-0.3, -0.25) is 4.79 Å². The molecule has 168 valence electrons. The van der Waals surface area contributed by atoms with Crippen molar-refractivity contribution in [2.75, 3.05) is 40.5 Å². The number of benzene rings is 1. The quantitative estimate of drug-likeness (QED) is 0.399. The zero-order chi connectivity index (χ0) is 22.5. The van der Waals surface area contributed by atoms with E-state index in [0.29, 0.717) is 19.8 Å². The molecule has 1 heterocycles. The topological polar surface area (TPSA) is 143 Å². The molecular formula is C20H29NO9. The third-order valence-corrected chi connectivity index (χ3v) is 4.51. The molecule has 0 saturated carbocycles. The highest BCUT2D eigenvalue weighted by Crippen LogP contribution is 2.18. The van der Waals surface area contributed by atoms with Crippen LogP contribution in [-0.4, -0.2) is 84.7 Å². The van der Waals surface area contributed by atoms with Gasteiger partial charge in [0.1, 0.15) is 5.75 Å². The molecule has 0 spiro atoms. The Kier molecular flexibility index (Phi) is 11.4. The standard InChI is InChI=1S/C18H27NO5.C2H2O4/c1-22-17-5-3-14(4-6-17)12-24-13-16(20)11-19-9-7-15(8-10-19)18(21)23-2;3-1(4)2(5)6/h3-6,15-16,20H,7-13H2,1-2H3;(H,3,4)(H,5,6). The number of likely N-dealkylation sites (tertiary alicyclic amines) is 1. The van der Waals surface area contributed by atoms with Crippen LogP contribution in [-0.2, 0) is 30.5 Å². The van der Waals surface area contributed by atoms with E-state index in [0.717, 1.165) is 37.2 Å². The minimum absolute atomic E-state index is 0.00489. The number of piperidine rings is 1. The molecule has 0 aliphatic carbocycles. The first kappa shape index (κ1) is 25.3. The molecule has 0 bridgehead atoms. The van der Waals surface area contributed by atoms with E-state index in [1.807, 2.05) is 24.3 Å². The molecule has 1 fully saturated rings. The van der Waals surface area contributed by atoms with Gasteiger partial charge in [0, 0.05) is 6.54 Å². The molecule has 2 rings (SSSR count). The van der Waals surface area contributed by atoms with Gasteiger partial charge in [0.15, 0.2) is 0 Å². The zero-order valence-corrected chi connectivity index (χ0v) is 17.2. The predicted molar refractivity (Wildman–Crippen MR) is 105 cm³/mol. The van der Waals surface area contributed by atoms with Crippen LogP contribution in [0.2, 0.25) is 0 Å². The fourth-order valence-electron chi connectivity index (χ4n) is 2.90. The van der Waals surface area contributed by atoms with Crippen molar-refractivity contribution in [2.24, 2.45) is 5.92 Å². The molecule has 10 heteroatoms. The molecule has 1 aromatic rings. The monoisotopic (exact) mass is 427 g/mol. The molecule has 0 radical (unpaired) electrons. The number of nitrogens with zero attached hydrogens (tertiary/aromatic N) is 1. The van der Waals surface area contributed by atoms with Crippen LogP contribution in [0.25, 0.3) is 0 Å². The summed E-state index contributed by atoms with van der Waals surface area (Å²) >= 11 is 0. The Hall–Kier alpha value is -2.69. The van der Waals surface area contributed by atoms with Gasteiger partial charge in [-0.05, 0) is 43.6 Å². The second kappa shape index (κ2) is 13.5. The first-order valence-electron chi connectivity index (χ1n) is 9.42. The van der Waals surface area contributed by atoms with E-state index in [4.69, 9.17) is 34.0 Å². The summed E-state index contributed by atoms with van der Waals surface area (Å²) in [5.41, 5.74) is 1.04. The third kappa shape index (κ3) is 9.68. The largest absolute Gasteiger partial charge is 0.497 e. The third-order valence-electron chi connectivity index (χ3n) is 4.51. The Balaban J connectivity index is 0.000000656. The maximum Gasteiger partial charge on any atom is 0.414 e. The van der Waals surface area contributed by atoms with E-state index >= 15 is 0 Å². The highest BCUT2D eigenvalue weighted by atomic mass is 16.5. The molecule has 0 amide bonds. The van der Waals surface area contributed by atoms with Crippen molar-refractivity contribution in [3.05, 3.63) is 29.8 Å². The number of hydrogen-bond acceptors (Lipinski definition) is 8.